The summed E-state index contributed by atoms with van der Waals surface area (Å²) in [4.78, 5) is 13.9. The number of nitrogens with zero attached hydrogens (tertiary/aromatic N) is 2. The van der Waals surface area contributed by atoms with E-state index < -0.39 is 16.6 Å². The van der Waals surface area contributed by atoms with Gasteiger partial charge >= 0.3 is 5.88 Å². The van der Waals surface area contributed by atoms with Gasteiger partial charge in [0.1, 0.15) is 10.7 Å². The lowest BCUT2D eigenvalue weighted by atomic mass is 10.1. The molecule has 1 heterocycles. The predicted molar refractivity (Wildman–Crippen MR) is 53.3 cm³/mol. The zero-order valence-corrected chi connectivity index (χ0v) is 8.31. The van der Waals surface area contributed by atoms with Gasteiger partial charge in [-0.05, 0) is 24.3 Å². The van der Waals surface area contributed by atoms with Gasteiger partial charge in [-0.1, -0.05) is 0 Å². The van der Waals surface area contributed by atoms with Gasteiger partial charge in [0.15, 0.2) is 11.6 Å². The molecule has 0 aliphatic carbocycles. The average Bonchev–Trinajstić information content (AvgIpc) is 2.61. The van der Waals surface area contributed by atoms with Crippen LogP contribution in [-0.4, -0.2) is 9.91 Å². The maximum absolute atomic E-state index is 12.7. The van der Waals surface area contributed by atoms with E-state index in [0.29, 0.717) is 5.56 Å². The fourth-order valence-corrected chi connectivity index (χ4v) is 1.34. The zero-order valence-electron chi connectivity index (χ0n) is 8.31. The third-order valence-corrected chi connectivity index (χ3v) is 2.00. The van der Waals surface area contributed by atoms with Crippen molar-refractivity contribution in [3.63, 3.8) is 0 Å². The number of hydrogen-bond acceptors (Lipinski definition) is 4. The number of aromatic nitrogens is 1. The Kier molecular flexibility index (Phi) is 2.40. The Morgan fingerprint density at radius 2 is 2.00 bits per heavy atom. The summed E-state index contributed by atoms with van der Waals surface area (Å²) in [5.74, 6) is -0.637. The summed E-state index contributed by atoms with van der Waals surface area (Å²) in [5.41, 5.74) is 0.562. The molecular formula is C10H7FN2O3. The standard InChI is InChI=1S/C10H7FN2O3/c1-6-12-9(10(16-6)13(14)15)7-2-4-8(11)5-3-7/h2-5H,1H3. The Balaban J connectivity index is 2.55. The first kappa shape index (κ1) is 10.3. The van der Waals surface area contributed by atoms with Crippen LogP contribution in [0.2, 0.25) is 0 Å². The Morgan fingerprint density at radius 3 is 2.56 bits per heavy atom. The van der Waals surface area contributed by atoms with Crippen LogP contribution in [0.5, 0.6) is 0 Å². The van der Waals surface area contributed by atoms with Crippen LogP contribution in [0.1, 0.15) is 5.89 Å². The van der Waals surface area contributed by atoms with Crippen molar-refractivity contribution in [2.45, 2.75) is 6.92 Å². The molecular weight excluding hydrogens is 215 g/mol. The third kappa shape index (κ3) is 1.77. The number of oxazole rings is 1. The molecule has 0 amide bonds. The van der Waals surface area contributed by atoms with Gasteiger partial charge in [0, 0.05) is 12.5 Å². The van der Waals surface area contributed by atoms with Crippen molar-refractivity contribution < 1.29 is 13.7 Å². The molecule has 1 aromatic heterocycles. The van der Waals surface area contributed by atoms with E-state index in [1.807, 2.05) is 0 Å². The molecule has 0 fully saturated rings. The molecule has 0 spiro atoms. The molecule has 82 valence electrons. The van der Waals surface area contributed by atoms with E-state index in [-0.39, 0.29) is 11.6 Å². The monoisotopic (exact) mass is 222 g/mol. The fraction of sp³-hybridized carbons (Fsp3) is 0.100. The molecule has 2 rings (SSSR count). The third-order valence-electron chi connectivity index (χ3n) is 2.00. The number of halogens is 1. The summed E-state index contributed by atoms with van der Waals surface area (Å²) in [5, 5.41) is 10.7. The van der Waals surface area contributed by atoms with E-state index in [0.717, 1.165) is 0 Å². The average molecular weight is 222 g/mol. The molecule has 5 nitrogen and oxygen atoms in total. The van der Waals surface area contributed by atoms with Crippen molar-refractivity contribution in [2.24, 2.45) is 0 Å². The first-order valence-electron chi connectivity index (χ1n) is 4.45. The molecule has 0 saturated heterocycles. The first-order valence-corrected chi connectivity index (χ1v) is 4.45. The lowest BCUT2D eigenvalue weighted by molar-refractivity contribution is -0.401. The molecule has 0 bridgehead atoms. The largest absolute Gasteiger partial charge is 0.461 e. The lowest BCUT2D eigenvalue weighted by Gasteiger charge is -1.94. The predicted octanol–water partition coefficient (Wildman–Crippen LogP) is 2.70. The Bertz CT molecular complexity index is 533. The van der Waals surface area contributed by atoms with E-state index >= 15 is 0 Å². The van der Waals surface area contributed by atoms with E-state index in [9.17, 15) is 14.5 Å². The van der Waals surface area contributed by atoms with Crippen molar-refractivity contribution in [1.82, 2.24) is 4.98 Å². The van der Waals surface area contributed by atoms with Crippen molar-refractivity contribution in [2.75, 3.05) is 0 Å². The Morgan fingerprint density at radius 1 is 1.38 bits per heavy atom. The number of aryl methyl sites for hydroxylation is 1. The second kappa shape index (κ2) is 3.73. The number of hydrogen-bond donors (Lipinski definition) is 0. The van der Waals surface area contributed by atoms with Gasteiger partial charge in [-0.15, -0.1) is 0 Å². The molecule has 0 unspecified atom stereocenters. The summed E-state index contributed by atoms with van der Waals surface area (Å²) in [6, 6.07) is 5.26. The van der Waals surface area contributed by atoms with Gasteiger partial charge in [-0.2, -0.15) is 0 Å². The van der Waals surface area contributed by atoms with Crippen LogP contribution >= 0.6 is 0 Å². The maximum atomic E-state index is 12.7. The minimum Gasteiger partial charge on any atom is -0.385 e. The molecule has 0 radical (unpaired) electrons. The van der Waals surface area contributed by atoms with E-state index in [4.69, 9.17) is 4.42 Å². The van der Waals surface area contributed by atoms with Crippen molar-refractivity contribution in [3.05, 3.63) is 46.1 Å². The van der Waals surface area contributed by atoms with Crippen LogP contribution in [0, 0.1) is 22.9 Å². The highest BCUT2D eigenvalue weighted by molar-refractivity contribution is 5.66. The molecule has 1 aromatic carbocycles. The minimum absolute atomic E-state index is 0.113. The first-order chi connectivity index (χ1) is 7.58. The van der Waals surface area contributed by atoms with Crippen molar-refractivity contribution in [1.29, 1.82) is 0 Å². The topological polar surface area (TPSA) is 69.2 Å². The SMILES string of the molecule is Cc1nc(-c2ccc(F)cc2)c([N+](=O)[O-])o1. The molecule has 0 aliphatic heterocycles. The van der Waals surface area contributed by atoms with E-state index in [2.05, 4.69) is 4.98 Å². The molecule has 0 N–H and O–H groups in total. The second-order valence-corrected chi connectivity index (χ2v) is 3.15. The smallest absolute Gasteiger partial charge is 0.385 e. The summed E-state index contributed by atoms with van der Waals surface area (Å²) in [6.45, 7) is 1.51. The Labute approximate surface area is 89.7 Å². The quantitative estimate of drug-likeness (QED) is 0.578. The van der Waals surface area contributed by atoms with Gasteiger partial charge in [0.05, 0.1) is 0 Å². The van der Waals surface area contributed by atoms with Crippen LogP contribution in [0.15, 0.2) is 28.7 Å². The van der Waals surface area contributed by atoms with Crippen LogP contribution < -0.4 is 0 Å². The highest BCUT2D eigenvalue weighted by Gasteiger charge is 2.23. The highest BCUT2D eigenvalue weighted by Crippen LogP contribution is 2.29. The lowest BCUT2D eigenvalue weighted by Crippen LogP contribution is -1.89. The van der Waals surface area contributed by atoms with E-state index in [1.54, 1.807) is 0 Å². The highest BCUT2D eigenvalue weighted by atomic mass is 19.1. The maximum Gasteiger partial charge on any atom is 0.461 e. The van der Waals surface area contributed by atoms with Crippen molar-refractivity contribution >= 4 is 5.88 Å². The van der Waals surface area contributed by atoms with Gasteiger partial charge in [-0.25, -0.2) is 9.37 Å². The molecule has 0 atom stereocenters. The second-order valence-electron chi connectivity index (χ2n) is 3.15. The molecule has 2 aromatic rings. The van der Waals surface area contributed by atoms with Crippen LogP contribution in [0.3, 0.4) is 0 Å². The fourth-order valence-electron chi connectivity index (χ4n) is 1.34. The molecule has 0 saturated carbocycles. The van der Waals surface area contributed by atoms with E-state index in [1.165, 1.54) is 31.2 Å². The zero-order chi connectivity index (χ0) is 11.7. The van der Waals surface area contributed by atoms with Crippen LogP contribution in [0.25, 0.3) is 11.3 Å². The van der Waals surface area contributed by atoms with Gasteiger partial charge in [-0.3, -0.25) is 10.1 Å². The summed E-state index contributed by atoms with van der Waals surface area (Å²) in [7, 11) is 0. The summed E-state index contributed by atoms with van der Waals surface area (Å²) in [6.07, 6.45) is 0. The molecule has 16 heavy (non-hydrogen) atoms. The van der Waals surface area contributed by atoms with Crippen LogP contribution in [0.4, 0.5) is 10.3 Å². The molecule has 6 heteroatoms. The number of nitro groups is 1. The normalized spacial score (nSPS) is 10.4. The van der Waals surface area contributed by atoms with Gasteiger partial charge in [0.2, 0.25) is 0 Å². The van der Waals surface area contributed by atoms with Crippen molar-refractivity contribution in [3.8, 4) is 11.3 Å². The summed E-state index contributed by atoms with van der Waals surface area (Å²) >= 11 is 0. The van der Waals surface area contributed by atoms with Gasteiger partial charge < -0.3 is 4.42 Å². The van der Waals surface area contributed by atoms with Gasteiger partial charge in [0.25, 0.3) is 0 Å². The summed E-state index contributed by atoms with van der Waals surface area (Å²) < 4.78 is 17.5. The Hall–Kier alpha value is -2.24. The number of rotatable bonds is 2. The number of benzene rings is 1. The van der Waals surface area contributed by atoms with Crippen LogP contribution in [-0.2, 0) is 0 Å². The minimum atomic E-state index is -0.654. The molecule has 0 aliphatic rings.